The maximum atomic E-state index is 13.3. The van der Waals surface area contributed by atoms with E-state index in [9.17, 15) is 4.79 Å². The van der Waals surface area contributed by atoms with Gasteiger partial charge in [-0.1, -0.05) is 6.07 Å². The van der Waals surface area contributed by atoms with E-state index in [2.05, 4.69) is 20.2 Å². The normalized spacial score (nSPS) is 21.6. The zero-order chi connectivity index (χ0) is 20.2. The first kappa shape index (κ1) is 17.9. The van der Waals surface area contributed by atoms with Crippen LogP contribution in [0.5, 0.6) is 11.5 Å². The van der Waals surface area contributed by atoms with E-state index in [1.165, 1.54) is 17.8 Å². The number of aromatic nitrogens is 2. The molecule has 2 atom stereocenters. The zero-order valence-electron chi connectivity index (χ0n) is 16.7. The molecule has 1 amide bonds. The Kier molecular flexibility index (Phi) is 4.09. The quantitative estimate of drug-likeness (QED) is 0.686. The summed E-state index contributed by atoms with van der Waals surface area (Å²) in [6, 6.07) is 6.33. The summed E-state index contributed by atoms with van der Waals surface area (Å²) in [7, 11) is 0. The molecular weight excluding hydrogens is 400 g/mol. The molecule has 154 valence electrons. The van der Waals surface area contributed by atoms with Gasteiger partial charge in [-0.3, -0.25) is 4.79 Å². The molecule has 3 aliphatic rings. The number of amides is 1. The Labute approximate surface area is 178 Å². The average Bonchev–Trinajstić information content (AvgIpc) is 3.55. The van der Waals surface area contributed by atoms with Crippen molar-refractivity contribution in [3.63, 3.8) is 0 Å². The van der Waals surface area contributed by atoms with Crippen molar-refractivity contribution in [3.8, 4) is 11.5 Å². The summed E-state index contributed by atoms with van der Waals surface area (Å²) in [5.74, 6) is 3.14. The molecule has 1 aromatic carbocycles. The Hall–Kier alpha value is -2.87. The highest BCUT2D eigenvalue weighted by Gasteiger charge is 2.41. The minimum absolute atomic E-state index is 0.157. The number of anilines is 1. The third-order valence-corrected chi connectivity index (χ3v) is 7.68. The molecule has 3 aromatic rings. The van der Waals surface area contributed by atoms with Gasteiger partial charge in [-0.2, -0.15) is 0 Å². The summed E-state index contributed by atoms with van der Waals surface area (Å²) in [6.45, 7) is 3.77. The number of aryl methyl sites for hydroxylation is 1. The molecule has 0 unspecified atom stereocenters. The molecule has 6 rings (SSSR count). The van der Waals surface area contributed by atoms with Crippen molar-refractivity contribution in [2.75, 3.05) is 18.7 Å². The summed E-state index contributed by atoms with van der Waals surface area (Å²) in [5.41, 5.74) is 2.04. The molecule has 0 radical (unpaired) electrons. The van der Waals surface area contributed by atoms with Gasteiger partial charge in [0.05, 0.1) is 10.3 Å². The predicted molar refractivity (Wildman–Crippen MR) is 114 cm³/mol. The van der Waals surface area contributed by atoms with Gasteiger partial charge in [-0.05, 0) is 55.4 Å². The van der Waals surface area contributed by atoms with Gasteiger partial charge in [0.25, 0.3) is 5.91 Å². The van der Waals surface area contributed by atoms with E-state index >= 15 is 0 Å². The molecule has 30 heavy (non-hydrogen) atoms. The number of ether oxygens (including phenoxy) is 2. The summed E-state index contributed by atoms with van der Waals surface area (Å²) in [4.78, 5) is 25.9. The molecule has 2 bridgehead atoms. The molecule has 1 saturated heterocycles. The van der Waals surface area contributed by atoms with Crippen LogP contribution in [0.2, 0.25) is 0 Å². The van der Waals surface area contributed by atoms with Crippen molar-refractivity contribution in [2.24, 2.45) is 5.92 Å². The van der Waals surface area contributed by atoms with Crippen LogP contribution in [-0.4, -0.2) is 40.2 Å². The fraction of sp³-hybridized carbons (Fsp3) is 0.409. The number of nitrogens with zero attached hydrogens (tertiary/aromatic N) is 3. The van der Waals surface area contributed by atoms with E-state index in [0.29, 0.717) is 18.5 Å². The lowest BCUT2D eigenvalue weighted by molar-refractivity contribution is 0.0708. The van der Waals surface area contributed by atoms with Crippen molar-refractivity contribution < 1.29 is 14.3 Å². The zero-order valence-corrected chi connectivity index (χ0v) is 17.5. The minimum Gasteiger partial charge on any atom is -0.454 e. The molecule has 8 heteroatoms. The third-order valence-electron chi connectivity index (χ3n) is 6.49. The van der Waals surface area contributed by atoms with Crippen molar-refractivity contribution >= 4 is 33.3 Å². The van der Waals surface area contributed by atoms with Gasteiger partial charge in [-0.15, -0.1) is 11.3 Å². The number of piperidine rings is 1. The fourth-order valence-corrected chi connectivity index (χ4v) is 6.05. The first-order chi connectivity index (χ1) is 14.7. The van der Waals surface area contributed by atoms with E-state index in [0.717, 1.165) is 62.9 Å². The van der Waals surface area contributed by atoms with Crippen LogP contribution in [0.3, 0.4) is 0 Å². The van der Waals surface area contributed by atoms with Crippen LogP contribution in [0.25, 0.3) is 10.2 Å². The van der Waals surface area contributed by atoms with Gasteiger partial charge in [0.2, 0.25) is 6.79 Å². The molecule has 2 aromatic heterocycles. The molecule has 2 fully saturated rings. The van der Waals surface area contributed by atoms with Crippen LogP contribution in [-0.2, 0) is 6.54 Å². The number of thiophene rings is 1. The number of fused-ring (bicyclic) bond motifs is 4. The molecule has 2 aliphatic heterocycles. The molecule has 0 spiro atoms. The van der Waals surface area contributed by atoms with E-state index in [1.54, 1.807) is 6.33 Å². The second-order valence-electron chi connectivity index (χ2n) is 8.29. The Balaban J connectivity index is 1.28. The van der Waals surface area contributed by atoms with Gasteiger partial charge < -0.3 is 19.7 Å². The highest BCUT2D eigenvalue weighted by Crippen LogP contribution is 2.41. The number of rotatable bonds is 4. The molecule has 7 nitrogen and oxygen atoms in total. The SMILES string of the molecule is Cc1c(C(=O)N2C[C@@H]3CC[C@H]2C3)sc2ncnc(NCc3ccc4c(c3)OCO4)c12. The van der Waals surface area contributed by atoms with Crippen LogP contribution in [0, 0.1) is 12.8 Å². The van der Waals surface area contributed by atoms with E-state index in [-0.39, 0.29) is 12.7 Å². The monoisotopic (exact) mass is 422 g/mol. The molecule has 1 N–H and O–H groups in total. The maximum Gasteiger partial charge on any atom is 0.264 e. The van der Waals surface area contributed by atoms with Crippen LogP contribution < -0.4 is 14.8 Å². The lowest BCUT2D eigenvalue weighted by atomic mass is 10.1. The van der Waals surface area contributed by atoms with E-state index in [1.807, 2.05) is 25.1 Å². The average molecular weight is 423 g/mol. The highest BCUT2D eigenvalue weighted by molar-refractivity contribution is 7.20. The fourth-order valence-electron chi connectivity index (χ4n) is 4.95. The Morgan fingerprint density at radius 3 is 3.00 bits per heavy atom. The van der Waals surface area contributed by atoms with Crippen molar-refractivity contribution in [3.05, 3.63) is 40.5 Å². The van der Waals surface area contributed by atoms with Gasteiger partial charge in [0, 0.05) is 19.1 Å². The van der Waals surface area contributed by atoms with Crippen molar-refractivity contribution in [2.45, 2.75) is 38.8 Å². The standard InChI is InChI=1S/C22H22N4O3S/c1-12-18-20(23-8-13-3-5-16-17(7-13)29-11-28-16)24-10-25-21(18)30-19(12)22(27)26-9-14-2-4-15(26)6-14/h3,5,7,10,14-15H,2,4,6,8-9,11H2,1H3,(H,23,24,25)/t14-,15+/m1/s1. The van der Waals surface area contributed by atoms with Gasteiger partial charge in [-0.25, -0.2) is 9.97 Å². The lowest BCUT2D eigenvalue weighted by Crippen LogP contribution is -2.37. The Morgan fingerprint density at radius 1 is 1.27 bits per heavy atom. The molecule has 4 heterocycles. The van der Waals surface area contributed by atoms with Crippen LogP contribution in [0.1, 0.15) is 40.1 Å². The highest BCUT2D eigenvalue weighted by atomic mass is 32.1. The second-order valence-corrected chi connectivity index (χ2v) is 9.29. The lowest BCUT2D eigenvalue weighted by Gasteiger charge is -2.26. The topological polar surface area (TPSA) is 76.6 Å². The Morgan fingerprint density at radius 2 is 2.17 bits per heavy atom. The van der Waals surface area contributed by atoms with Crippen molar-refractivity contribution in [1.82, 2.24) is 14.9 Å². The first-order valence-corrected chi connectivity index (χ1v) is 11.2. The Bertz CT molecular complexity index is 1160. The summed E-state index contributed by atoms with van der Waals surface area (Å²) in [6.07, 6.45) is 5.13. The minimum atomic E-state index is 0.157. The van der Waals surface area contributed by atoms with Crippen LogP contribution in [0.15, 0.2) is 24.5 Å². The second kappa shape index (κ2) is 6.84. The number of carbonyl (C=O) groups is 1. The largest absolute Gasteiger partial charge is 0.454 e. The third kappa shape index (κ3) is 2.81. The maximum absolute atomic E-state index is 13.3. The van der Waals surface area contributed by atoms with Gasteiger partial charge in [0.1, 0.15) is 17.0 Å². The number of benzene rings is 1. The first-order valence-electron chi connectivity index (χ1n) is 10.3. The van der Waals surface area contributed by atoms with Crippen LogP contribution >= 0.6 is 11.3 Å². The summed E-state index contributed by atoms with van der Waals surface area (Å²) < 4.78 is 10.8. The van der Waals surface area contributed by atoms with E-state index < -0.39 is 0 Å². The van der Waals surface area contributed by atoms with Gasteiger partial charge >= 0.3 is 0 Å². The number of likely N-dealkylation sites (tertiary alicyclic amines) is 1. The number of hydrogen-bond acceptors (Lipinski definition) is 7. The van der Waals surface area contributed by atoms with Crippen LogP contribution in [0.4, 0.5) is 5.82 Å². The number of carbonyl (C=O) groups excluding carboxylic acids is 1. The summed E-state index contributed by atoms with van der Waals surface area (Å²) >= 11 is 1.48. The predicted octanol–water partition coefficient (Wildman–Crippen LogP) is 3.97. The molecule has 1 saturated carbocycles. The number of hydrogen-bond donors (Lipinski definition) is 1. The molecule has 1 aliphatic carbocycles. The number of nitrogens with one attached hydrogen (secondary N) is 1. The summed E-state index contributed by atoms with van der Waals surface area (Å²) in [5, 5.41) is 4.36. The molecular formula is C22H22N4O3S. The van der Waals surface area contributed by atoms with Crippen molar-refractivity contribution in [1.29, 1.82) is 0 Å². The van der Waals surface area contributed by atoms with E-state index in [4.69, 9.17) is 9.47 Å². The van der Waals surface area contributed by atoms with Gasteiger partial charge in [0.15, 0.2) is 11.5 Å². The smallest absolute Gasteiger partial charge is 0.264 e.